The zero-order chi connectivity index (χ0) is 11.7. The van der Waals surface area contributed by atoms with Crippen LogP contribution in [0.2, 0.25) is 0 Å². The van der Waals surface area contributed by atoms with Crippen LogP contribution >= 0.6 is 0 Å². The number of benzene rings is 1. The molecule has 0 spiro atoms. The fourth-order valence-electron chi connectivity index (χ4n) is 1.73. The maximum absolute atomic E-state index is 13.5. The first-order chi connectivity index (χ1) is 7.58. The fourth-order valence-corrected chi connectivity index (χ4v) is 1.73. The minimum atomic E-state index is -0.594. The molecule has 0 aliphatic rings. The molecule has 1 unspecified atom stereocenters. The summed E-state index contributed by atoms with van der Waals surface area (Å²) in [5.74, 6) is -1.16. The van der Waals surface area contributed by atoms with Crippen molar-refractivity contribution >= 4 is 10.8 Å². The molecule has 2 aromatic rings. The Morgan fingerprint density at radius 1 is 1.31 bits per heavy atom. The van der Waals surface area contributed by atoms with Crippen LogP contribution in [0.5, 0.6) is 0 Å². The highest BCUT2D eigenvalue weighted by molar-refractivity contribution is 5.85. The van der Waals surface area contributed by atoms with E-state index >= 15 is 0 Å². The molecular formula is C12H12F2N2. The molecule has 1 aromatic heterocycles. The molecule has 1 aromatic carbocycles. The van der Waals surface area contributed by atoms with Crippen molar-refractivity contribution in [3.63, 3.8) is 0 Å². The van der Waals surface area contributed by atoms with E-state index < -0.39 is 11.6 Å². The quantitative estimate of drug-likeness (QED) is 0.847. The Hall–Kier alpha value is -1.55. The van der Waals surface area contributed by atoms with Gasteiger partial charge in [-0.05, 0) is 19.1 Å². The van der Waals surface area contributed by atoms with Crippen LogP contribution in [0.4, 0.5) is 8.78 Å². The first kappa shape index (κ1) is 11.0. The van der Waals surface area contributed by atoms with Gasteiger partial charge < -0.3 is 5.73 Å². The second kappa shape index (κ2) is 4.14. The minimum absolute atomic E-state index is 0.0931. The Kier molecular flexibility index (Phi) is 2.83. The van der Waals surface area contributed by atoms with E-state index in [-0.39, 0.29) is 6.04 Å². The Labute approximate surface area is 92.1 Å². The molecule has 0 radical (unpaired) electrons. The van der Waals surface area contributed by atoms with Crippen LogP contribution in [0.15, 0.2) is 24.4 Å². The highest BCUT2D eigenvalue weighted by Crippen LogP contribution is 2.22. The molecular weight excluding hydrogens is 210 g/mol. The summed E-state index contributed by atoms with van der Waals surface area (Å²) in [6, 6.07) is 3.61. The number of pyridine rings is 1. The van der Waals surface area contributed by atoms with Gasteiger partial charge in [0.05, 0.1) is 0 Å². The van der Waals surface area contributed by atoms with Gasteiger partial charge >= 0.3 is 0 Å². The van der Waals surface area contributed by atoms with Gasteiger partial charge in [0.15, 0.2) is 0 Å². The minimum Gasteiger partial charge on any atom is -0.328 e. The second-order valence-corrected chi connectivity index (χ2v) is 3.92. The predicted octanol–water partition coefficient (Wildman–Crippen LogP) is 2.40. The maximum atomic E-state index is 13.5. The molecule has 0 amide bonds. The van der Waals surface area contributed by atoms with Gasteiger partial charge in [0, 0.05) is 41.2 Å². The van der Waals surface area contributed by atoms with E-state index in [2.05, 4.69) is 4.98 Å². The number of hydrogen-bond acceptors (Lipinski definition) is 2. The van der Waals surface area contributed by atoms with E-state index in [9.17, 15) is 8.78 Å². The van der Waals surface area contributed by atoms with E-state index in [1.54, 1.807) is 0 Å². The lowest BCUT2D eigenvalue weighted by molar-refractivity contribution is 0.591. The van der Waals surface area contributed by atoms with Gasteiger partial charge in [-0.25, -0.2) is 8.78 Å². The molecule has 0 fully saturated rings. The van der Waals surface area contributed by atoms with Gasteiger partial charge in [-0.15, -0.1) is 0 Å². The number of rotatable bonds is 2. The summed E-state index contributed by atoms with van der Waals surface area (Å²) in [5.41, 5.74) is 6.29. The van der Waals surface area contributed by atoms with E-state index in [4.69, 9.17) is 5.73 Å². The van der Waals surface area contributed by atoms with E-state index in [1.807, 2.05) is 6.92 Å². The summed E-state index contributed by atoms with van der Waals surface area (Å²) in [7, 11) is 0. The molecule has 0 aliphatic carbocycles. The van der Waals surface area contributed by atoms with Gasteiger partial charge in [0.2, 0.25) is 0 Å². The van der Waals surface area contributed by atoms with Crippen molar-refractivity contribution in [2.45, 2.75) is 19.4 Å². The largest absolute Gasteiger partial charge is 0.328 e. The molecule has 1 heterocycles. The standard InChI is InChI=1S/C12H12F2N2/c1-7(15)4-12-10-5-8(13)6-11(14)9(10)2-3-16-12/h2-3,5-7H,4,15H2,1H3. The SMILES string of the molecule is CC(N)Cc1nccc2c(F)cc(F)cc12. The summed E-state index contributed by atoms with van der Waals surface area (Å²) in [4.78, 5) is 4.12. The fraction of sp³-hybridized carbons (Fsp3) is 0.250. The van der Waals surface area contributed by atoms with Gasteiger partial charge in [-0.2, -0.15) is 0 Å². The first-order valence-corrected chi connectivity index (χ1v) is 5.06. The summed E-state index contributed by atoms with van der Waals surface area (Å²) in [5, 5.41) is 0.879. The molecule has 2 N–H and O–H groups in total. The lowest BCUT2D eigenvalue weighted by Gasteiger charge is -2.08. The van der Waals surface area contributed by atoms with E-state index in [0.29, 0.717) is 22.9 Å². The van der Waals surface area contributed by atoms with Crippen molar-refractivity contribution in [3.8, 4) is 0 Å². The molecule has 1 atom stereocenters. The van der Waals surface area contributed by atoms with Crippen LogP contribution in [0, 0.1) is 11.6 Å². The molecule has 0 aliphatic heterocycles. The number of nitrogens with two attached hydrogens (primary N) is 1. The molecule has 0 saturated heterocycles. The van der Waals surface area contributed by atoms with Crippen LogP contribution in [-0.2, 0) is 6.42 Å². The molecule has 0 bridgehead atoms. The van der Waals surface area contributed by atoms with Crippen molar-refractivity contribution in [1.29, 1.82) is 0 Å². The average Bonchev–Trinajstić information content (AvgIpc) is 2.18. The lowest BCUT2D eigenvalue weighted by Crippen LogP contribution is -2.18. The summed E-state index contributed by atoms with van der Waals surface area (Å²) in [6.45, 7) is 1.83. The number of halogens is 2. The number of hydrogen-bond donors (Lipinski definition) is 1. The third-order valence-electron chi connectivity index (χ3n) is 2.39. The van der Waals surface area contributed by atoms with Crippen molar-refractivity contribution < 1.29 is 8.78 Å². The van der Waals surface area contributed by atoms with Crippen LogP contribution < -0.4 is 5.73 Å². The van der Waals surface area contributed by atoms with Crippen LogP contribution in [0.25, 0.3) is 10.8 Å². The topological polar surface area (TPSA) is 38.9 Å². The number of nitrogens with zero attached hydrogens (tertiary/aromatic N) is 1. The highest BCUT2D eigenvalue weighted by atomic mass is 19.1. The van der Waals surface area contributed by atoms with Gasteiger partial charge in [-0.3, -0.25) is 4.98 Å². The first-order valence-electron chi connectivity index (χ1n) is 5.06. The second-order valence-electron chi connectivity index (χ2n) is 3.92. The number of fused-ring (bicyclic) bond motifs is 1. The maximum Gasteiger partial charge on any atom is 0.134 e. The Bertz CT molecular complexity index is 524. The van der Waals surface area contributed by atoms with Gasteiger partial charge in [-0.1, -0.05) is 0 Å². The van der Waals surface area contributed by atoms with Crippen LogP contribution in [-0.4, -0.2) is 11.0 Å². The van der Waals surface area contributed by atoms with Crippen LogP contribution in [0.3, 0.4) is 0 Å². The van der Waals surface area contributed by atoms with E-state index in [1.165, 1.54) is 18.3 Å². The Morgan fingerprint density at radius 3 is 2.75 bits per heavy atom. The van der Waals surface area contributed by atoms with Crippen molar-refractivity contribution in [3.05, 3.63) is 41.7 Å². The summed E-state index contributed by atoms with van der Waals surface area (Å²) < 4.78 is 26.6. The lowest BCUT2D eigenvalue weighted by atomic mass is 10.0. The monoisotopic (exact) mass is 222 g/mol. The molecule has 84 valence electrons. The van der Waals surface area contributed by atoms with Crippen molar-refractivity contribution in [1.82, 2.24) is 4.98 Å². The zero-order valence-corrected chi connectivity index (χ0v) is 8.87. The molecule has 2 nitrogen and oxygen atoms in total. The average molecular weight is 222 g/mol. The smallest absolute Gasteiger partial charge is 0.134 e. The highest BCUT2D eigenvalue weighted by Gasteiger charge is 2.09. The summed E-state index contributed by atoms with van der Waals surface area (Å²) >= 11 is 0. The van der Waals surface area contributed by atoms with Crippen molar-refractivity contribution in [2.24, 2.45) is 5.73 Å². The third-order valence-corrected chi connectivity index (χ3v) is 2.39. The van der Waals surface area contributed by atoms with E-state index in [0.717, 1.165) is 6.07 Å². The molecule has 2 rings (SSSR count). The summed E-state index contributed by atoms with van der Waals surface area (Å²) in [6.07, 6.45) is 2.02. The Balaban J connectivity index is 2.66. The predicted molar refractivity (Wildman–Crippen MR) is 59.0 cm³/mol. The normalized spacial score (nSPS) is 13.0. The van der Waals surface area contributed by atoms with Gasteiger partial charge in [0.1, 0.15) is 11.6 Å². The molecule has 4 heteroatoms. The molecule has 16 heavy (non-hydrogen) atoms. The Morgan fingerprint density at radius 2 is 2.06 bits per heavy atom. The third kappa shape index (κ3) is 2.02. The number of aromatic nitrogens is 1. The van der Waals surface area contributed by atoms with Crippen LogP contribution in [0.1, 0.15) is 12.6 Å². The zero-order valence-electron chi connectivity index (χ0n) is 8.87. The van der Waals surface area contributed by atoms with Crippen molar-refractivity contribution in [2.75, 3.05) is 0 Å². The van der Waals surface area contributed by atoms with Gasteiger partial charge in [0.25, 0.3) is 0 Å². The molecule has 0 saturated carbocycles.